The summed E-state index contributed by atoms with van der Waals surface area (Å²) in [7, 11) is 0. The van der Waals surface area contributed by atoms with Gasteiger partial charge in [-0.1, -0.05) is 56.6 Å². The van der Waals surface area contributed by atoms with Crippen LogP contribution in [0.3, 0.4) is 0 Å². The number of halogens is 1. The fraction of sp³-hybridized carbons (Fsp3) is 0.368. The maximum atomic E-state index is 6.03. The molecule has 21 heavy (non-hydrogen) atoms. The maximum absolute atomic E-state index is 6.03. The first-order chi connectivity index (χ1) is 10.1. The van der Waals surface area contributed by atoms with E-state index in [1.54, 1.807) is 0 Å². The predicted molar refractivity (Wildman–Crippen MR) is 90.5 cm³/mol. The van der Waals surface area contributed by atoms with E-state index >= 15 is 0 Å². The molecule has 1 nitrogen and oxygen atoms in total. The van der Waals surface area contributed by atoms with Gasteiger partial charge in [0, 0.05) is 5.02 Å². The second-order valence-corrected chi connectivity index (χ2v) is 6.25. The Labute approximate surface area is 132 Å². The lowest BCUT2D eigenvalue weighted by Gasteiger charge is -2.13. The van der Waals surface area contributed by atoms with Crippen molar-refractivity contribution in [2.24, 2.45) is 0 Å². The van der Waals surface area contributed by atoms with Crippen LogP contribution in [0.15, 0.2) is 48.5 Å². The molecule has 0 heterocycles. The molecule has 0 spiro atoms. The van der Waals surface area contributed by atoms with Gasteiger partial charge in [-0.15, -0.1) is 0 Å². The summed E-state index contributed by atoms with van der Waals surface area (Å²) in [4.78, 5) is 0. The van der Waals surface area contributed by atoms with Gasteiger partial charge in [-0.2, -0.15) is 0 Å². The van der Waals surface area contributed by atoms with Crippen molar-refractivity contribution in [3.8, 4) is 5.75 Å². The molecule has 0 radical (unpaired) electrons. The van der Waals surface area contributed by atoms with Crippen molar-refractivity contribution in [2.75, 3.05) is 6.61 Å². The van der Waals surface area contributed by atoms with E-state index in [1.807, 2.05) is 18.2 Å². The van der Waals surface area contributed by atoms with Crippen molar-refractivity contribution >= 4 is 11.6 Å². The highest BCUT2D eigenvalue weighted by molar-refractivity contribution is 6.30. The summed E-state index contributed by atoms with van der Waals surface area (Å²) < 4.78 is 5.83. The zero-order valence-corrected chi connectivity index (χ0v) is 13.7. The molecule has 0 fully saturated rings. The molecule has 2 rings (SSSR count). The lowest BCUT2D eigenvalue weighted by atomic mass is 9.98. The smallest absolute Gasteiger partial charge is 0.119 e. The maximum Gasteiger partial charge on any atom is 0.119 e. The molecule has 1 unspecified atom stereocenters. The zero-order chi connectivity index (χ0) is 15.2. The van der Waals surface area contributed by atoms with Gasteiger partial charge in [0.1, 0.15) is 5.75 Å². The van der Waals surface area contributed by atoms with Crippen LogP contribution in [0.25, 0.3) is 0 Å². The van der Waals surface area contributed by atoms with E-state index < -0.39 is 0 Å². The Balaban J connectivity index is 1.83. The van der Waals surface area contributed by atoms with Gasteiger partial charge in [0.25, 0.3) is 0 Å². The molecular weight excluding hydrogens is 280 g/mol. The Morgan fingerprint density at radius 2 is 1.67 bits per heavy atom. The van der Waals surface area contributed by atoms with Crippen LogP contribution >= 0.6 is 11.6 Å². The monoisotopic (exact) mass is 302 g/mol. The van der Waals surface area contributed by atoms with E-state index in [0.29, 0.717) is 18.4 Å². The predicted octanol–water partition coefficient (Wildman–Crippen LogP) is 6.04. The van der Waals surface area contributed by atoms with Crippen LogP contribution in [-0.4, -0.2) is 6.61 Å². The van der Waals surface area contributed by atoms with Crippen molar-refractivity contribution in [2.45, 2.75) is 39.0 Å². The average molecular weight is 303 g/mol. The molecule has 0 saturated heterocycles. The van der Waals surface area contributed by atoms with Gasteiger partial charge in [-0.25, -0.2) is 0 Å². The first-order valence-electron chi connectivity index (χ1n) is 7.54. The molecule has 0 aromatic heterocycles. The lowest BCUT2D eigenvalue weighted by molar-refractivity contribution is 0.300. The number of hydrogen-bond donors (Lipinski definition) is 0. The van der Waals surface area contributed by atoms with Gasteiger partial charge in [-0.3, -0.25) is 0 Å². The molecule has 1 atom stereocenters. The number of ether oxygens (including phenoxy) is 1. The van der Waals surface area contributed by atoms with Gasteiger partial charge in [0.05, 0.1) is 6.61 Å². The molecule has 0 amide bonds. The zero-order valence-electron chi connectivity index (χ0n) is 13.0. The third-order valence-electron chi connectivity index (χ3n) is 3.78. The van der Waals surface area contributed by atoms with Gasteiger partial charge in [0.2, 0.25) is 0 Å². The van der Waals surface area contributed by atoms with Crippen LogP contribution in [-0.2, 0) is 0 Å². The first kappa shape index (κ1) is 15.9. The van der Waals surface area contributed by atoms with Crippen molar-refractivity contribution in [3.63, 3.8) is 0 Å². The van der Waals surface area contributed by atoms with E-state index in [0.717, 1.165) is 17.2 Å². The minimum atomic E-state index is 0.443. The van der Waals surface area contributed by atoms with E-state index in [9.17, 15) is 0 Å². The highest BCUT2D eigenvalue weighted by atomic mass is 35.5. The number of benzene rings is 2. The van der Waals surface area contributed by atoms with Crippen LogP contribution in [0, 0.1) is 0 Å². The van der Waals surface area contributed by atoms with Crippen LogP contribution in [0.1, 0.15) is 50.2 Å². The summed E-state index contributed by atoms with van der Waals surface area (Å²) in [5.74, 6) is 1.94. The summed E-state index contributed by atoms with van der Waals surface area (Å²) in [6.07, 6.45) is 0.978. The van der Waals surface area contributed by atoms with Gasteiger partial charge in [-0.05, 0) is 53.6 Å². The van der Waals surface area contributed by atoms with Gasteiger partial charge in [0.15, 0.2) is 0 Å². The van der Waals surface area contributed by atoms with Crippen molar-refractivity contribution in [1.82, 2.24) is 0 Å². The fourth-order valence-electron chi connectivity index (χ4n) is 2.28. The first-order valence-corrected chi connectivity index (χ1v) is 7.92. The number of hydrogen-bond acceptors (Lipinski definition) is 1. The second-order valence-electron chi connectivity index (χ2n) is 5.82. The average Bonchev–Trinajstić information content (AvgIpc) is 2.47. The molecule has 0 bridgehead atoms. The molecule has 0 aliphatic heterocycles. The molecule has 2 aromatic rings. The SMILES string of the molecule is CC(C)c1ccc(OCCC(C)c2cccc(Cl)c2)cc1. The molecule has 0 aliphatic rings. The van der Waals surface area contributed by atoms with Gasteiger partial charge >= 0.3 is 0 Å². The topological polar surface area (TPSA) is 9.23 Å². The third kappa shape index (κ3) is 4.78. The Morgan fingerprint density at radius 3 is 2.29 bits per heavy atom. The normalized spacial score (nSPS) is 12.4. The molecule has 0 N–H and O–H groups in total. The summed E-state index contributed by atoms with van der Waals surface area (Å²) >= 11 is 6.03. The minimum absolute atomic E-state index is 0.443. The van der Waals surface area contributed by atoms with E-state index in [-0.39, 0.29) is 0 Å². The Bertz CT molecular complexity index is 560. The summed E-state index contributed by atoms with van der Waals surface area (Å²) in [6, 6.07) is 16.4. The Hall–Kier alpha value is -1.47. The standard InChI is InChI=1S/C19H23ClO/c1-14(2)16-7-9-19(10-8-16)21-12-11-15(3)17-5-4-6-18(20)13-17/h4-10,13-15H,11-12H2,1-3H3. The molecule has 112 valence electrons. The van der Waals surface area contributed by atoms with Crippen LogP contribution < -0.4 is 4.74 Å². The minimum Gasteiger partial charge on any atom is -0.494 e. The molecule has 0 aliphatic carbocycles. The lowest BCUT2D eigenvalue weighted by Crippen LogP contribution is -2.03. The fourth-order valence-corrected chi connectivity index (χ4v) is 2.48. The summed E-state index contributed by atoms with van der Waals surface area (Å²) in [5, 5.41) is 0.796. The Kier molecular flexibility index (Phi) is 5.69. The van der Waals surface area contributed by atoms with E-state index in [2.05, 4.69) is 51.1 Å². The van der Waals surface area contributed by atoms with E-state index in [4.69, 9.17) is 16.3 Å². The van der Waals surface area contributed by atoms with Crippen molar-refractivity contribution in [1.29, 1.82) is 0 Å². The third-order valence-corrected chi connectivity index (χ3v) is 4.02. The van der Waals surface area contributed by atoms with Crippen LogP contribution in [0.2, 0.25) is 5.02 Å². The van der Waals surface area contributed by atoms with Crippen molar-refractivity contribution in [3.05, 3.63) is 64.7 Å². The van der Waals surface area contributed by atoms with Crippen molar-refractivity contribution < 1.29 is 4.74 Å². The van der Waals surface area contributed by atoms with Crippen LogP contribution in [0.5, 0.6) is 5.75 Å². The Morgan fingerprint density at radius 1 is 0.952 bits per heavy atom. The number of rotatable bonds is 6. The summed E-state index contributed by atoms with van der Waals surface area (Å²) in [6.45, 7) is 7.32. The highest BCUT2D eigenvalue weighted by Crippen LogP contribution is 2.23. The summed E-state index contributed by atoms with van der Waals surface area (Å²) in [5.41, 5.74) is 2.61. The highest BCUT2D eigenvalue weighted by Gasteiger charge is 2.06. The molecule has 2 aromatic carbocycles. The molecule has 0 saturated carbocycles. The van der Waals surface area contributed by atoms with Gasteiger partial charge < -0.3 is 4.74 Å². The largest absolute Gasteiger partial charge is 0.494 e. The van der Waals surface area contributed by atoms with E-state index in [1.165, 1.54) is 11.1 Å². The van der Waals surface area contributed by atoms with Crippen LogP contribution in [0.4, 0.5) is 0 Å². The molecule has 2 heteroatoms. The molecular formula is C19H23ClO. The second kappa shape index (κ2) is 7.51. The quantitative estimate of drug-likeness (QED) is 0.632.